The van der Waals surface area contributed by atoms with E-state index in [1.807, 2.05) is 32.0 Å². The van der Waals surface area contributed by atoms with E-state index in [-0.39, 0.29) is 5.75 Å². The average molecular weight is 354 g/mol. The molecular weight excluding hydrogens is 332 g/mol. The molecule has 0 saturated heterocycles. The van der Waals surface area contributed by atoms with Gasteiger partial charge in [0.15, 0.2) is 0 Å². The van der Waals surface area contributed by atoms with Gasteiger partial charge in [-0.3, -0.25) is 9.59 Å². The Kier molecular flexibility index (Phi) is 7.73. The van der Waals surface area contributed by atoms with Gasteiger partial charge in [0.2, 0.25) is 5.91 Å². The summed E-state index contributed by atoms with van der Waals surface area (Å²) in [7, 11) is 1.22. The molecule has 0 heterocycles. The number of hydrogen-bond donors (Lipinski definition) is 3. The molecule has 1 rings (SSSR count). The molecule has 7 nitrogen and oxygen atoms in total. The quantitative estimate of drug-likeness (QED) is 0.468. The Morgan fingerprint density at radius 3 is 2.38 bits per heavy atom. The van der Waals surface area contributed by atoms with E-state index in [9.17, 15) is 14.4 Å². The lowest BCUT2D eigenvalue weighted by Gasteiger charge is -2.19. The molecule has 0 bridgehead atoms. The molecule has 132 valence electrons. The van der Waals surface area contributed by atoms with E-state index in [0.717, 1.165) is 16.0 Å². The summed E-state index contributed by atoms with van der Waals surface area (Å²) in [6.45, 7) is 3.92. The minimum absolute atomic E-state index is 0.254. The second-order valence-corrected chi connectivity index (χ2v) is 6.35. The molecule has 0 fully saturated rings. The van der Waals surface area contributed by atoms with Crippen molar-refractivity contribution in [1.29, 1.82) is 0 Å². The number of ether oxygens (including phenoxy) is 1. The lowest BCUT2D eigenvalue weighted by atomic mass is 10.2. The second kappa shape index (κ2) is 9.29. The van der Waals surface area contributed by atoms with Crippen molar-refractivity contribution in [2.24, 2.45) is 5.73 Å². The molecule has 0 aliphatic rings. The molecule has 2 atom stereocenters. The fourth-order valence-electron chi connectivity index (χ4n) is 2.06. The van der Waals surface area contributed by atoms with E-state index in [2.05, 4.69) is 5.32 Å². The highest BCUT2D eigenvalue weighted by molar-refractivity contribution is 7.99. The maximum atomic E-state index is 11.9. The third-order valence-electron chi connectivity index (χ3n) is 3.34. The number of esters is 1. The predicted molar refractivity (Wildman–Crippen MR) is 90.8 cm³/mol. The molecule has 0 aliphatic carbocycles. The average Bonchev–Trinajstić information content (AvgIpc) is 2.51. The lowest BCUT2D eigenvalue weighted by Crippen LogP contribution is -2.50. The third-order valence-corrected chi connectivity index (χ3v) is 4.77. The van der Waals surface area contributed by atoms with Crippen molar-refractivity contribution in [2.75, 3.05) is 12.9 Å². The number of hydrogen-bond acceptors (Lipinski definition) is 6. The molecule has 0 spiro atoms. The van der Waals surface area contributed by atoms with Crippen LogP contribution in [0.4, 0.5) is 0 Å². The summed E-state index contributed by atoms with van der Waals surface area (Å²) in [6, 6.07) is 3.73. The molecule has 0 unspecified atom stereocenters. The standard InChI is InChI=1S/C16H22N2O5S/c1-9-5-4-6-10(2)14(9)24-8-12(16(22)23-3)18-15(21)11(17)7-13(19)20/h4-6,11-12H,7-8,17H2,1-3H3,(H,18,21)(H,19,20)/t11-,12-/m0/s1. The molecule has 24 heavy (non-hydrogen) atoms. The first-order valence-electron chi connectivity index (χ1n) is 7.30. The zero-order valence-electron chi connectivity index (χ0n) is 13.9. The molecule has 1 aromatic carbocycles. The van der Waals surface area contributed by atoms with Gasteiger partial charge in [0, 0.05) is 10.6 Å². The fourth-order valence-corrected chi connectivity index (χ4v) is 3.21. The largest absolute Gasteiger partial charge is 0.481 e. The van der Waals surface area contributed by atoms with Gasteiger partial charge >= 0.3 is 11.9 Å². The Bertz CT molecular complexity index is 600. The van der Waals surface area contributed by atoms with E-state index in [0.29, 0.717) is 0 Å². The molecule has 1 amide bonds. The smallest absolute Gasteiger partial charge is 0.329 e. The first-order valence-corrected chi connectivity index (χ1v) is 8.29. The Morgan fingerprint density at radius 1 is 1.29 bits per heavy atom. The first-order chi connectivity index (χ1) is 11.3. The van der Waals surface area contributed by atoms with Gasteiger partial charge in [0.1, 0.15) is 6.04 Å². The number of rotatable bonds is 8. The second-order valence-electron chi connectivity index (χ2n) is 5.32. The van der Waals surface area contributed by atoms with Crippen LogP contribution in [0.25, 0.3) is 0 Å². The van der Waals surface area contributed by atoms with Crippen LogP contribution in [0.5, 0.6) is 0 Å². The zero-order chi connectivity index (χ0) is 18.3. The monoisotopic (exact) mass is 354 g/mol. The molecule has 0 saturated carbocycles. The van der Waals surface area contributed by atoms with Crippen LogP contribution in [0.2, 0.25) is 0 Å². The topological polar surface area (TPSA) is 119 Å². The van der Waals surface area contributed by atoms with Crippen LogP contribution in [0.1, 0.15) is 17.5 Å². The van der Waals surface area contributed by atoms with Crippen LogP contribution in [-0.4, -0.2) is 47.9 Å². The number of carboxylic acids is 1. The van der Waals surface area contributed by atoms with Crippen LogP contribution < -0.4 is 11.1 Å². The van der Waals surface area contributed by atoms with Crippen molar-refractivity contribution in [3.8, 4) is 0 Å². The number of carboxylic acid groups (broad SMARTS) is 1. The Balaban J connectivity index is 2.78. The highest BCUT2D eigenvalue weighted by Gasteiger charge is 2.26. The Hall–Kier alpha value is -2.06. The molecule has 8 heteroatoms. The van der Waals surface area contributed by atoms with Crippen LogP contribution in [0, 0.1) is 13.8 Å². The van der Waals surface area contributed by atoms with Gasteiger partial charge in [-0.25, -0.2) is 4.79 Å². The van der Waals surface area contributed by atoms with Crippen LogP contribution >= 0.6 is 11.8 Å². The number of amides is 1. The maximum absolute atomic E-state index is 11.9. The van der Waals surface area contributed by atoms with Crippen molar-refractivity contribution < 1.29 is 24.2 Å². The molecule has 0 aromatic heterocycles. The normalized spacial score (nSPS) is 13.0. The van der Waals surface area contributed by atoms with Gasteiger partial charge in [0.25, 0.3) is 0 Å². The Labute approximate surface area is 144 Å². The molecule has 1 aromatic rings. The molecular formula is C16H22N2O5S. The summed E-state index contributed by atoms with van der Waals surface area (Å²) in [5, 5.41) is 11.1. The van der Waals surface area contributed by atoms with Crippen LogP contribution in [0.3, 0.4) is 0 Å². The number of aryl methyl sites for hydroxylation is 2. The van der Waals surface area contributed by atoms with E-state index in [1.165, 1.54) is 18.9 Å². The van der Waals surface area contributed by atoms with Gasteiger partial charge in [-0.15, -0.1) is 11.8 Å². The highest BCUT2D eigenvalue weighted by atomic mass is 32.2. The van der Waals surface area contributed by atoms with Crippen molar-refractivity contribution in [1.82, 2.24) is 5.32 Å². The van der Waals surface area contributed by atoms with Gasteiger partial charge in [-0.1, -0.05) is 18.2 Å². The summed E-state index contributed by atoms with van der Waals surface area (Å²) in [5.74, 6) is -2.24. The number of nitrogens with two attached hydrogens (primary N) is 1. The summed E-state index contributed by atoms with van der Waals surface area (Å²) in [6.07, 6.45) is -0.510. The van der Waals surface area contributed by atoms with Gasteiger partial charge < -0.3 is 20.9 Å². The van der Waals surface area contributed by atoms with E-state index < -0.39 is 36.4 Å². The van der Waals surface area contributed by atoms with Crippen molar-refractivity contribution >= 4 is 29.6 Å². The first kappa shape index (κ1) is 20.0. The van der Waals surface area contributed by atoms with Gasteiger partial charge in [0.05, 0.1) is 19.6 Å². The van der Waals surface area contributed by atoms with Crippen molar-refractivity contribution in [3.05, 3.63) is 29.3 Å². The number of carbonyl (C=O) groups excluding carboxylic acids is 2. The summed E-state index contributed by atoms with van der Waals surface area (Å²) >= 11 is 1.42. The van der Waals surface area contributed by atoms with Gasteiger partial charge in [-0.2, -0.15) is 0 Å². The molecule has 0 radical (unpaired) electrons. The van der Waals surface area contributed by atoms with Crippen LogP contribution in [0.15, 0.2) is 23.1 Å². The minimum Gasteiger partial charge on any atom is -0.481 e. The summed E-state index contributed by atoms with van der Waals surface area (Å²) in [5.41, 5.74) is 7.65. The number of thioether (sulfide) groups is 1. The number of methoxy groups -OCH3 is 1. The fraction of sp³-hybridized carbons (Fsp3) is 0.438. The SMILES string of the molecule is COC(=O)[C@H](CSc1c(C)cccc1C)NC(=O)[C@@H](N)CC(=O)O. The van der Waals surface area contributed by atoms with E-state index >= 15 is 0 Å². The summed E-state index contributed by atoms with van der Waals surface area (Å²) in [4.78, 5) is 35.5. The number of nitrogens with one attached hydrogen (secondary N) is 1. The van der Waals surface area contributed by atoms with Crippen molar-refractivity contribution in [2.45, 2.75) is 37.2 Å². The highest BCUT2D eigenvalue weighted by Crippen LogP contribution is 2.26. The Morgan fingerprint density at radius 2 is 1.88 bits per heavy atom. The van der Waals surface area contributed by atoms with Crippen molar-refractivity contribution in [3.63, 3.8) is 0 Å². The van der Waals surface area contributed by atoms with Gasteiger partial charge in [-0.05, 0) is 25.0 Å². The predicted octanol–water partition coefficient (Wildman–Crippen LogP) is 0.855. The maximum Gasteiger partial charge on any atom is 0.329 e. The molecule has 0 aliphatic heterocycles. The van der Waals surface area contributed by atoms with E-state index in [1.54, 1.807) is 0 Å². The number of aliphatic carboxylic acids is 1. The lowest BCUT2D eigenvalue weighted by molar-refractivity contribution is -0.144. The number of carbonyl (C=O) groups is 3. The number of benzene rings is 1. The minimum atomic E-state index is -1.22. The third kappa shape index (κ3) is 5.86. The molecule has 4 N–H and O–H groups in total. The van der Waals surface area contributed by atoms with Crippen LogP contribution in [-0.2, 0) is 19.1 Å². The summed E-state index contributed by atoms with van der Waals surface area (Å²) < 4.78 is 4.70. The zero-order valence-corrected chi connectivity index (χ0v) is 14.7. The van der Waals surface area contributed by atoms with E-state index in [4.69, 9.17) is 15.6 Å².